The Morgan fingerprint density at radius 2 is 2.00 bits per heavy atom. The predicted octanol–water partition coefficient (Wildman–Crippen LogP) is 3.35. The summed E-state index contributed by atoms with van der Waals surface area (Å²) in [5.74, 6) is 0.680. The van der Waals surface area contributed by atoms with Gasteiger partial charge in [0.1, 0.15) is 23.3 Å². The van der Waals surface area contributed by atoms with Crippen molar-refractivity contribution in [2.24, 2.45) is 0 Å². The topological polar surface area (TPSA) is 113 Å². The fourth-order valence-corrected chi connectivity index (χ4v) is 3.80. The first-order valence-corrected chi connectivity index (χ1v) is 10.4. The maximum absolute atomic E-state index is 13.0. The van der Waals surface area contributed by atoms with Gasteiger partial charge in [-0.2, -0.15) is 5.26 Å². The zero-order valence-electron chi connectivity index (χ0n) is 17.6. The second kappa shape index (κ2) is 8.56. The molecule has 2 N–H and O–H groups in total. The van der Waals surface area contributed by atoms with Crippen molar-refractivity contribution in [3.05, 3.63) is 47.9 Å². The molecule has 1 saturated carbocycles. The van der Waals surface area contributed by atoms with Crippen LogP contribution in [0, 0.1) is 11.3 Å². The highest BCUT2D eigenvalue weighted by Gasteiger charge is 2.23. The maximum atomic E-state index is 13.0. The van der Waals surface area contributed by atoms with E-state index in [4.69, 9.17) is 5.26 Å². The Kier molecular flexibility index (Phi) is 5.67. The summed E-state index contributed by atoms with van der Waals surface area (Å²) in [6, 6.07) is 7.71. The zero-order chi connectivity index (χ0) is 22.0. The first-order chi connectivity index (χ1) is 14.9. The normalized spacial score (nSPS) is 14.6. The quantitative estimate of drug-likeness (QED) is 0.659. The van der Waals surface area contributed by atoms with E-state index in [0.29, 0.717) is 54.0 Å². The van der Waals surface area contributed by atoms with Gasteiger partial charge in [0.2, 0.25) is 0 Å². The molecule has 1 fully saturated rings. The molecular weight excluding hydrogens is 392 g/mol. The fourth-order valence-electron chi connectivity index (χ4n) is 3.80. The van der Waals surface area contributed by atoms with Gasteiger partial charge >= 0.3 is 0 Å². The van der Waals surface area contributed by atoms with Gasteiger partial charge in [0.15, 0.2) is 0 Å². The molecule has 0 atom stereocenters. The van der Waals surface area contributed by atoms with E-state index in [2.05, 4.69) is 26.7 Å². The van der Waals surface area contributed by atoms with Gasteiger partial charge < -0.3 is 10.6 Å². The number of aromatic nitrogens is 3. The number of amides is 1. The van der Waals surface area contributed by atoms with E-state index in [0.717, 1.165) is 5.39 Å². The number of carbonyl (C=O) groups excluding carboxylic acids is 2. The number of hydrogen-bond donors (Lipinski definition) is 2. The van der Waals surface area contributed by atoms with Crippen LogP contribution in [-0.2, 0) is 4.79 Å². The summed E-state index contributed by atoms with van der Waals surface area (Å²) in [7, 11) is 0. The van der Waals surface area contributed by atoms with Crippen LogP contribution < -0.4 is 10.6 Å². The minimum Gasteiger partial charge on any atom is -0.382 e. The van der Waals surface area contributed by atoms with Gasteiger partial charge in [0.05, 0.1) is 16.8 Å². The van der Waals surface area contributed by atoms with Gasteiger partial charge in [-0.3, -0.25) is 14.2 Å². The Morgan fingerprint density at radius 1 is 1.23 bits per heavy atom. The summed E-state index contributed by atoms with van der Waals surface area (Å²) in [6.07, 6.45) is 7.32. The third kappa shape index (κ3) is 4.40. The SMILES string of the molecule is CC(C)Nc1cc(-n2ccc3cc(C#N)cnc32)ncc1C(=O)NC1CCC(=O)CC1. The molecule has 0 spiro atoms. The zero-order valence-corrected chi connectivity index (χ0v) is 17.6. The molecule has 8 nitrogen and oxygen atoms in total. The predicted molar refractivity (Wildman–Crippen MR) is 117 cm³/mol. The van der Waals surface area contributed by atoms with Crippen LogP contribution in [0.4, 0.5) is 5.69 Å². The van der Waals surface area contributed by atoms with Gasteiger partial charge in [-0.15, -0.1) is 0 Å². The number of pyridine rings is 2. The van der Waals surface area contributed by atoms with Crippen LogP contribution in [0.5, 0.6) is 0 Å². The second-order valence-electron chi connectivity index (χ2n) is 8.11. The molecule has 0 aliphatic heterocycles. The number of anilines is 1. The molecule has 158 valence electrons. The second-order valence-corrected chi connectivity index (χ2v) is 8.11. The molecule has 0 saturated heterocycles. The van der Waals surface area contributed by atoms with Crippen LogP contribution in [0.2, 0.25) is 0 Å². The molecule has 0 aromatic carbocycles. The van der Waals surface area contributed by atoms with Crippen LogP contribution in [0.1, 0.15) is 55.5 Å². The molecule has 1 aliphatic rings. The number of ketones is 1. The summed E-state index contributed by atoms with van der Waals surface area (Å²) in [5.41, 5.74) is 2.33. The van der Waals surface area contributed by atoms with Crippen molar-refractivity contribution in [1.82, 2.24) is 19.9 Å². The molecule has 0 unspecified atom stereocenters. The molecule has 3 aromatic rings. The monoisotopic (exact) mass is 416 g/mol. The Labute approximate surface area is 180 Å². The van der Waals surface area contributed by atoms with Crippen molar-refractivity contribution in [3.63, 3.8) is 0 Å². The van der Waals surface area contributed by atoms with Crippen molar-refractivity contribution < 1.29 is 9.59 Å². The molecule has 0 radical (unpaired) electrons. The number of nitriles is 1. The van der Waals surface area contributed by atoms with Crippen LogP contribution in [0.25, 0.3) is 16.9 Å². The number of carbonyl (C=O) groups is 2. The van der Waals surface area contributed by atoms with Crippen molar-refractivity contribution in [2.75, 3.05) is 5.32 Å². The average Bonchev–Trinajstić information content (AvgIpc) is 3.18. The van der Waals surface area contributed by atoms with E-state index in [1.807, 2.05) is 36.7 Å². The molecule has 4 rings (SSSR count). The van der Waals surface area contributed by atoms with E-state index in [-0.39, 0.29) is 23.8 Å². The Hall–Kier alpha value is -3.73. The highest BCUT2D eigenvalue weighted by atomic mass is 16.2. The van der Waals surface area contributed by atoms with Crippen LogP contribution in [-0.4, -0.2) is 38.3 Å². The van der Waals surface area contributed by atoms with E-state index >= 15 is 0 Å². The van der Waals surface area contributed by atoms with Crippen molar-refractivity contribution in [3.8, 4) is 11.9 Å². The van der Waals surface area contributed by atoms with Gasteiger partial charge in [-0.25, -0.2) is 9.97 Å². The molecule has 8 heteroatoms. The number of nitrogens with zero attached hydrogens (tertiary/aromatic N) is 4. The smallest absolute Gasteiger partial charge is 0.255 e. The van der Waals surface area contributed by atoms with Crippen molar-refractivity contribution >= 4 is 28.4 Å². The Bertz CT molecular complexity index is 1180. The van der Waals surface area contributed by atoms with Gasteiger partial charge in [0, 0.05) is 55.0 Å². The largest absolute Gasteiger partial charge is 0.382 e. The molecule has 1 aliphatic carbocycles. The standard InChI is InChI=1S/C23H24N6O2/c1-14(2)27-20-10-21(29-8-7-16-9-15(11-24)12-26-22(16)29)25-13-19(20)23(31)28-17-3-5-18(30)6-4-17/h7-10,12-14,17H,3-6H2,1-2H3,(H,25,27)(H,28,31). The summed E-state index contributed by atoms with van der Waals surface area (Å²) in [4.78, 5) is 33.3. The molecule has 3 aromatic heterocycles. The van der Waals surface area contributed by atoms with E-state index < -0.39 is 0 Å². The highest BCUT2D eigenvalue weighted by molar-refractivity contribution is 6.00. The Balaban J connectivity index is 1.65. The maximum Gasteiger partial charge on any atom is 0.255 e. The lowest BCUT2D eigenvalue weighted by molar-refractivity contribution is -0.120. The molecule has 3 heterocycles. The summed E-state index contributed by atoms with van der Waals surface area (Å²) < 4.78 is 1.83. The molecular formula is C23H24N6O2. The number of nitrogens with one attached hydrogen (secondary N) is 2. The lowest BCUT2D eigenvalue weighted by atomic mass is 9.94. The van der Waals surface area contributed by atoms with Crippen LogP contribution in [0.15, 0.2) is 36.8 Å². The highest BCUT2D eigenvalue weighted by Crippen LogP contribution is 2.24. The van der Waals surface area contributed by atoms with Crippen LogP contribution in [0.3, 0.4) is 0 Å². The molecule has 0 bridgehead atoms. The van der Waals surface area contributed by atoms with Crippen LogP contribution >= 0.6 is 0 Å². The lowest BCUT2D eigenvalue weighted by Gasteiger charge is -2.23. The van der Waals surface area contributed by atoms with Gasteiger partial charge in [0.25, 0.3) is 5.91 Å². The average molecular weight is 416 g/mol. The third-order valence-electron chi connectivity index (χ3n) is 5.36. The minimum absolute atomic E-state index is 0.00342. The van der Waals surface area contributed by atoms with E-state index in [1.54, 1.807) is 12.3 Å². The number of rotatable bonds is 5. The van der Waals surface area contributed by atoms with E-state index in [9.17, 15) is 9.59 Å². The third-order valence-corrected chi connectivity index (χ3v) is 5.36. The van der Waals surface area contributed by atoms with E-state index in [1.165, 1.54) is 6.20 Å². The summed E-state index contributed by atoms with van der Waals surface area (Å²) in [5, 5.41) is 16.3. The van der Waals surface area contributed by atoms with Crippen molar-refractivity contribution in [1.29, 1.82) is 5.26 Å². The fraction of sp³-hybridized carbons (Fsp3) is 0.348. The first kappa shape index (κ1) is 20.5. The summed E-state index contributed by atoms with van der Waals surface area (Å²) in [6.45, 7) is 4.01. The number of hydrogen-bond acceptors (Lipinski definition) is 6. The Morgan fingerprint density at radius 3 is 2.71 bits per heavy atom. The van der Waals surface area contributed by atoms with Gasteiger partial charge in [-0.1, -0.05) is 0 Å². The van der Waals surface area contributed by atoms with Crippen molar-refractivity contribution in [2.45, 2.75) is 51.6 Å². The number of Topliss-reactive ketones (excluding diaryl/α,β-unsaturated/α-hetero) is 1. The first-order valence-electron chi connectivity index (χ1n) is 10.4. The lowest BCUT2D eigenvalue weighted by Crippen LogP contribution is -2.38. The molecule has 31 heavy (non-hydrogen) atoms. The van der Waals surface area contributed by atoms with Gasteiger partial charge in [-0.05, 0) is 38.8 Å². The number of fused-ring (bicyclic) bond motifs is 1. The minimum atomic E-state index is -0.198. The molecule has 1 amide bonds. The summed E-state index contributed by atoms with van der Waals surface area (Å²) >= 11 is 0.